The molecule has 2 aromatic heterocycles. The molecule has 2 aromatic carbocycles. The van der Waals surface area contributed by atoms with Crippen LogP contribution in [0.5, 0.6) is 0 Å². The molecular weight excluding hydrogens is 320 g/mol. The van der Waals surface area contributed by atoms with Gasteiger partial charge in [0.1, 0.15) is 0 Å². The number of rotatable bonds is 2. The summed E-state index contributed by atoms with van der Waals surface area (Å²) in [6.07, 6.45) is 11.9. The van der Waals surface area contributed by atoms with Crippen molar-refractivity contribution in [2.45, 2.75) is 23.9 Å². The van der Waals surface area contributed by atoms with Crippen LogP contribution in [0.4, 0.5) is 0 Å². The zero-order chi connectivity index (χ0) is 17.1. The molecule has 126 valence electrons. The second-order valence-electron chi connectivity index (χ2n) is 7.21. The van der Waals surface area contributed by atoms with Crippen molar-refractivity contribution in [1.29, 1.82) is 0 Å². The summed E-state index contributed by atoms with van der Waals surface area (Å²) in [5.74, 6) is 0.628. The van der Waals surface area contributed by atoms with Crippen LogP contribution < -0.4 is 0 Å². The molecule has 0 spiro atoms. The Balaban J connectivity index is 1.69. The van der Waals surface area contributed by atoms with Crippen LogP contribution in [0.3, 0.4) is 0 Å². The maximum Gasteiger partial charge on any atom is 0.0949 e. The van der Waals surface area contributed by atoms with Crippen LogP contribution in [0.25, 0.3) is 0 Å². The zero-order valence-electron chi connectivity index (χ0n) is 14.2. The van der Waals surface area contributed by atoms with Gasteiger partial charge < -0.3 is 9.13 Å². The molecule has 0 fully saturated rings. The molecule has 0 N–H and O–H groups in total. The van der Waals surface area contributed by atoms with E-state index in [4.69, 9.17) is 0 Å². The molecule has 4 heteroatoms. The average molecular weight is 338 g/mol. The van der Waals surface area contributed by atoms with E-state index in [1.54, 1.807) is 0 Å². The van der Waals surface area contributed by atoms with E-state index in [2.05, 4.69) is 80.0 Å². The molecule has 2 unspecified atom stereocenters. The predicted molar refractivity (Wildman–Crippen MR) is 99.1 cm³/mol. The van der Waals surface area contributed by atoms with Crippen LogP contribution in [-0.2, 0) is 0 Å². The van der Waals surface area contributed by atoms with Gasteiger partial charge in [-0.15, -0.1) is 0 Å². The van der Waals surface area contributed by atoms with E-state index < -0.39 is 0 Å². The van der Waals surface area contributed by atoms with Crippen LogP contribution >= 0.6 is 0 Å². The molecule has 4 nitrogen and oxygen atoms in total. The van der Waals surface area contributed by atoms with Crippen molar-refractivity contribution in [2.24, 2.45) is 0 Å². The van der Waals surface area contributed by atoms with Crippen LogP contribution in [0.15, 0.2) is 86.0 Å². The molecule has 0 saturated heterocycles. The van der Waals surface area contributed by atoms with Crippen molar-refractivity contribution in [1.82, 2.24) is 19.1 Å². The Bertz CT molecular complexity index is 931. The summed E-state index contributed by atoms with van der Waals surface area (Å²) in [6, 6.07) is 18.4. The zero-order valence-corrected chi connectivity index (χ0v) is 14.2. The average Bonchev–Trinajstić information content (AvgIpc) is 3.41. The van der Waals surface area contributed by atoms with Gasteiger partial charge >= 0.3 is 0 Å². The molecule has 0 aliphatic heterocycles. The smallest absolute Gasteiger partial charge is 0.0949 e. The normalized spacial score (nSPS) is 25.7. The number of aromatic nitrogens is 4. The topological polar surface area (TPSA) is 35.6 Å². The van der Waals surface area contributed by atoms with Crippen molar-refractivity contribution in [3.8, 4) is 0 Å². The molecule has 0 amide bonds. The lowest BCUT2D eigenvalue weighted by Crippen LogP contribution is -2.41. The summed E-state index contributed by atoms with van der Waals surface area (Å²) in [5, 5.41) is 0. The fraction of sp³-hybridized carbons (Fsp3) is 0.182. The second-order valence-corrected chi connectivity index (χ2v) is 7.21. The quantitative estimate of drug-likeness (QED) is 0.550. The highest BCUT2D eigenvalue weighted by molar-refractivity contribution is 5.57. The third-order valence-electron chi connectivity index (χ3n) is 6.10. The molecule has 7 rings (SSSR count). The monoisotopic (exact) mass is 338 g/mol. The molecular formula is C22H18N4. The second kappa shape index (κ2) is 5.18. The van der Waals surface area contributed by atoms with Gasteiger partial charge in [-0.05, 0) is 22.3 Å². The predicted octanol–water partition coefficient (Wildman–Crippen LogP) is 4.15. The summed E-state index contributed by atoms with van der Waals surface area (Å²) in [4.78, 5) is 8.69. The van der Waals surface area contributed by atoms with Gasteiger partial charge in [0.2, 0.25) is 0 Å². The fourth-order valence-electron chi connectivity index (χ4n) is 5.21. The highest BCUT2D eigenvalue weighted by Gasteiger charge is 2.50. The number of fused-ring (bicyclic) bond motifs is 1. The van der Waals surface area contributed by atoms with Crippen LogP contribution in [-0.4, -0.2) is 19.1 Å². The Morgan fingerprint density at radius 2 is 0.962 bits per heavy atom. The van der Waals surface area contributed by atoms with Crippen molar-refractivity contribution >= 4 is 0 Å². The molecule has 26 heavy (non-hydrogen) atoms. The van der Waals surface area contributed by atoms with Crippen molar-refractivity contribution in [2.75, 3.05) is 0 Å². The standard InChI is InChI=1S/C22H18N4/c1-2-6-16-15(5-1)19-17-7-3-4-8-18(17)20(16)22(26-12-10-24-14-26)21(19)25-11-9-23-13-25/h1-14,19-22H. The highest BCUT2D eigenvalue weighted by atomic mass is 15.2. The number of nitrogens with zero attached hydrogens (tertiary/aromatic N) is 4. The van der Waals surface area contributed by atoms with Crippen LogP contribution in [0.1, 0.15) is 46.2 Å². The summed E-state index contributed by atoms with van der Waals surface area (Å²) >= 11 is 0. The third-order valence-corrected chi connectivity index (χ3v) is 6.10. The summed E-state index contributed by atoms with van der Waals surface area (Å²) < 4.78 is 4.57. The highest BCUT2D eigenvalue weighted by Crippen LogP contribution is 2.61. The van der Waals surface area contributed by atoms with Gasteiger partial charge in [-0.3, -0.25) is 0 Å². The summed E-state index contributed by atoms with van der Waals surface area (Å²) in [5.41, 5.74) is 5.80. The minimum Gasteiger partial charge on any atom is -0.331 e. The Labute approximate surface area is 151 Å². The van der Waals surface area contributed by atoms with E-state index in [9.17, 15) is 0 Å². The molecule has 2 heterocycles. The summed E-state index contributed by atoms with van der Waals surface area (Å²) in [6.45, 7) is 0. The lowest BCUT2D eigenvalue weighted by Gasteiger charge is -2.51. The van der Waals surface area contributed by atoms with E-state index in [-0.39, 0.29) is 12.1 Å². The number of hydrogen-bond donors (Lipinski definition) is 0. The molecule has 2 bridgehead atoms. The van der Waals surface area contributed by atoms with E-state index in [0.717, 1.165) is 0 Å². The van der Waals surface area contributed by atoms with Crippen molar-refractivity contribution < 1.29 is 0 Å². The minimum atomic E-state index is 0.279. The molecule has 0 saturated carbocycles. The largest absolute Gasteiger partial charge is 0.331 e. The number of hydrogen-bond acceptors (Lipinski definition) is 2. The van der Waals surface area contributed by atoms with Gasteiger partial charge in [0.05, 0.1) is 24.7 Å². The molecule has 2 atom stereocenters. The lowest BCUT2D eigenvalue weighted by atomic mass is 9.59. The Kier molecular flexibility index (Phi) is 2.80. The van der Waals surface area contributed by atoms with E-state index >= 15 is 0 Å². The lowest BCUT2D eigenvalue weighted by molar-refractivity contribution is 0.233. The SMILES string of the molecule is c1ccc2c(c1)C1c3ccccc3C2C(n2ccnc2)C1n1ccnc1. The van der Waals surface area contributed by atoms with Crippen LogP contribution in [0.2, 0.25) is 0 Å². The summed E-state index contributed by atoms with van der Waals surface area (Å²) in [7, 11) is 0. The van der Waals surface area contributed by atoms with Gasteiger partial charge in [-0.1, -0.05) is 48.5 Å². The van der Waals surface area contributed by atoms with Crippen molar-refractivity contribution in [3.05, 3.63) is 108 Å². The van der Waals surface area contributed by atoms with Gasteiger partial charge in [-0.25, -0.2) is 9.97 Å². The van der Waals surface area contributed by atoms with Gasteiger partial charge in [-0.2, -0.15) is 0 Å². The Morgan fingerprint density at radius 1 is 0.577 bits per heavy atom. The molecule has 4 aromatic rings. The van der Waals surface area contributed by atoms with Crippen molar-refractivity contribution in [3.63, 3.8) is 0 Å². The first kappa shape index (κ1) is 14.1. The Hall–Kier alpha value is -3.14. The first-order valence-corrected chi connectivity index (χ1v) is 9.06. The first-order valence-electron chi connectivity index (χ1n) is 9.06. The first-order chi connectivity index (χ1) is 12.9. The third kappa shape index (κ3) is 1.74. The van der Waals surface area contributed by atoms with E-state index in [0.29, 0.717) is 11.8 Å². The molecule has 3 aliphatic carbocycles. The van der Waals surface area contributed by atoms with E-state index in [1.165, 1.54) is 22.3 Å². The minimum absolute atomic E-state index is 0.279. The van der Waals surface area contributed by atoms with Gasteiger partial charge in [0.25, 0.3) is 0 Å². The van der Waals surface area contributed by atoms with Crippen LogP contribution in [0, 0.1) is 0 Å². The Morgan fingerprint density at radius 3 is 1.27 bits per heavy atom. The van der Waals surface area contributed by atoms with Gasteiger partial charge in [0.15, 0.2) is 0 Å². The maximum absolute atomic E-state index is 4.35. The van der Waals surface area contributed by atoms with E-state index in [1.807, 2.05) is 25.0 Å². The van der Waals surface area contributed by atoms with Gasteiger partial charge in [0, 0.05) is 36.6 Å². The fourth-order valence-corrected chi connectivity index (χ4v) is 5.21. The number of benzene rings is 2. The molecule has 0 radical (unpaired) electrons. The molecule has 3 aliphatic rings. The number of imidazole rings is 2. The maximum atomic E-state index is 4.35.